The predicted molar refractivity (Wildman–Crippen MR) is 121 cm³/mol. The van der Waals surface area contributed by atoms with Gasteiger partial charge in [0.2, 0.25) is 5.95 Å². The average molecular weight is 473 g/mol. The van der Waals surface area contributed by atoms with Crippen molar-refractivity contribution in [2.45, 2.75) is 6.18 Å². The lowest BCUT2D eigenvalue weighted by Crippen LogP contribution is -2.44. The van der Waals surface area contributed by atoms with Gasteiger partial charge in [-0.1, -0.05) is 0 Å². The second-order valence-electron chi connectivity index (χ2n) is 7.40. The van der Waals surface area contributed by atoms with Gasteiger partial charge in [0.15, 0.2) is 11.6 Å². The van der Waals surface area contributed by atoms with Crippen molar-refractivity contribution in [1.29, 1.82) is 0 Å². The minimum absolute atomic E-state index is 0.0112. The Morgan fingerprint density at radius 1 is 1.18 bits per heavy atom. The van der Waals surface area contributed by atoms with E-state index in [9.17, 15) is 18.0 Å². The summed E-state index contributed by atoms with van der Waals surface area (Å²) in [5.74, 6) is 0.114. The summed E-state index contributed by atoms with van der Waals surface area (Å²) in [6.07, 6.45) is -0.456. The average Bonchev–Trinajstić information content (AvgIpc) is 2.85. The molecule has 9 nitrogen and oxygen atoms in total. The van der Waals surface area contributed by atoms with Crippen LogP contribution in [-0.2, 0) is 6.18 Å². The number of halogens is 3. The Kier molecular flexibility index (Phi) is 6.77. The number of nitrogens with zero attached hydrogens (tertiary/aromatic N) is 4. The van der Waals surface area contributed by atoms with Gasteiger partial charge in [0, 0.05) is 44.3 Å². The van der Waals surface area contributed by atoms with Crippen LogP contribution in [0.3, 0.4) is 0 Å². The molecule has 1 aliphatic rings. The number of hydrogen-bond donors (Lipinski definition) is 3. The van der Waals surface area contributed by atoms with Gasteiger partial charge in [-0.3, -0.25) is 9.78 Å². The van der Waals surface area contributed by atoms with Gasteiger partial charge in [-0.25, -0.2) is 4.98 Å². The summed E-state index contributed by atoms with van der Waals surface area (Å²) in [7, 11) is 1.39. The Hall–Kier alpha value is -3.93. The molecule has 0 bridgehead atoms. The van der Waals surface area contributed by atoms with Gasteiger partial charge in [-0.2, -0.15) is 18.2 Å². The Balaban J connectivity index is 1.63. The van der Waals surface area contributed by atoms with Gasteiger partial charge in [0.1, 0.15) is 0 Å². The molecule has 0 saturated carbocycles. The molecule has 0 aliphatic carbocycles. The molecule has 3 heterocycles. The Labute approximate surface area is 193 Å². The van der Waals surface area contributed by atoms with Crippen molar-refractivity contribution in [3.8, 4) is 5.75 Å². The summed E-state index contributed by atoms with van der Waals surface area (Å²) in [6.45, 7) is 2.85. The second-order valence-corrected chi connectivity index (χ2v) is 7.40. The first-order valence-electron chi connectivity index (χ1n) is 10.4. The number of rotatable bonds is 6. The fraction of sp³-hybridized carbons (Fsp3) is 0.273. The van der Waals surface area contributed by atoms with Crippen LogP contribution in [-0.4, -0.2) is 54.1 Å². The number of nitrogens with one attached hydrogen (secondary N) is 3. The van der Waals surface area contributed by atoms with Crippen molar-refractivity contribution in [2.24, 2.45) is 0 Å². The van der Waals surface area contributed by atoms with Gasteiger partial charge in [-0.05, 0) is 30.3 Å². The Bertz CT molecular complexity index is 1150. The molecule has 3 aromatic rings. The second kappa shape index (κ2) is 9.91. The highest BCUT2D eigenvalue weighted by molar-refractivity contribution is 6.04. The summed E-state index contributed by atoms with van der Waals surface area (Å²) in [5.41, 5.74) is -0.997. The lowest BCUT2D eigenvalue weighted by atomic mass is 10.1. The standard InChI is InChI=1S/C22H22F3N7O2/c1-34-18-13-28-21(32-9-7-26-8-10-32)31-19(18)30-17-5-4-15(11-16(17)22(23,24)25)29-20(33)14-3-2-6-27-12-14/h2-6,11-13,26H,7-10H2,1H3,(H,29,33)(H,28,30,31). The number of carbonyl (C=O) groups is 1. The molecular formula is C22H22F3N7O2. The van der Waals surface area contributed by atoms with Crippen LogP contribution in [0.25, 0.3) is 0 Å². The molecule has 1 amide bonds. The molecule has 0 atom stereocenters. The molecule has 178 valence electrons. The number of piperazine rings is 1. The normalized spacial score (nSPS) is 13.9. The molecule has 4 rings (SSSR count). The van der Waals surface area contributed by atoms with Gasteiger partial charge in [-0.15, -0.1) is 0 Å². The van der Waals surface area contributed by atoms with E-state index in [-0.39, 0.29) is 28.5 Å². The topological polar surface area (TPSA) is 104 Å². The summed E-state index contributed by atoms with van der Waals surface area (Å²) < 4.78 is 47.0. The third kappa shape index (κ3) is 5.34. The van der Waals surface area contributed by atoms with E-state index in [1.165, 1.54) is 43.9 Å². The number of pyridine rings is 1. The summed E-state index contributed by atoms with van der Waals surface area (Å²) in [4.78, 5) is 26.8. The number of amides is 1. The molecule has 1 aromatic carbocycles. The van der Waals surface area contributed by atoms with Crippen LogP contribution >= 0.6 is 0 Å². The number of ether oxygens (including phenoxy) is 1. The van der Waals surface area contributed by atoms with E-state index >= 15 is 0 Å². The minimum Gasteiger partial charge on any atom is -0.491 e. The van der Waals surface area contributed by atoms with Crippen molar-refractivity contribution < 1.29 is 22.7 Å². The van der Waals surface area contributed by atoms with Crippen molar-refractivity contribution in [1.82, 2.24) is 20.3 Å². The third-order valence-corrected chi connectivity index (χ3v) is 5.12. The molecule has 0 unspecified atom stereocenters. The van der Waals surface area contributed by atoms with E-state index in [2.05, 4.69) is 30.9 Å². The maximum Gasteiger partial charge on any atom is 0.418 e. The zero-order valence-electron chi connectivity index (χ0n) is 18.2. The third-order valence-electron chi connectivity index (χ3n) is 5.12. The zero-order chi connectivity index (χ0) is 24.1. The number of anilines is 4. The highest BCUT2D eigenvalue weighted by Crippen LogP contribution is 2.39. The number of methoxy groups -OCH3 is 1. The molecule has 0 spiro atoms. The molecule has 12 heteroatoms. The van der Waals surface area contributed by atoms with Gasteiger partial charge < -0.3 is 25.6 Å². The van der Waals surface area contributed by atoms with Crippen LogP contribution < -0.4 is 25.6 Å². The minimum atomic E-state index is -4.70. The smallest absolute Gasteiger partial charge is 0.418 e. The van der Waals surface area contributed by atoms with E-state index < -0.39 is 17.6 Å². The maximum atomic E-state index is 13.9. The quantitative estimate of drug-likeness (QED) is 0.501. The maximum absolute atomic E-state index is 13.9. The number of benzene rings is 1. The van der Waals surface area contributed by atoms with Crippen molar-refractivity contribution in [3.05, 3.63) is 60.0 Å². The highest BCUT2D eigenvalue weighted by atomic mass is 19.4. The molecule has 0 radical (unpaired) electrons. The number of carbonyl (C=O) groups excluding carboxylic acids is 1. The number of alkyl halides is 3. The Morgan fingerprint density at radius 2 is 1.97 bits per heavy atom. The Morgan fingerprint density at radius 3 is 2.65 bits per heavy atom. The van der Waals surface area contributed by atoms with E-state index in [4.69, 9.17) is 4.74 Å². The van der Waals surface area contributed by atoms with E-state index in [0.717, 1.165) is 19.2 Å². The van der Waals surface area contributed by atoms with Crippen LogP contribution in [0.4, 0.5) is 36.3 Å². The van der Waals surface area contributed by atoms with E-state index in [1.54, 1.807) is 6.07 Å². The molecule has 34 heavy (non-hydrogen) atoms. The summed E-state index contributed by atoms with van der Waals surface area (Å²) in [6, 6.07) is 6.54. The molecule has 1 aliphatic heterocycles. The van der Waals surface area contributed by atoms with Crippen molar-refractivity contribution >= 4 is 29.0 Å². The van der Waals surface area contributed by atoms with Gasteiger partial charge in [0.05, 0.1) is 30.1 Å². The molecule has 3 N–H and O–H groups in total. The van der Waals surface area contributed by atoms with Crippen LogP contribution in [0.1, 0.15) is 15.9 Å². The predicted octanol–water partition coefficient (Wildman–Crippen LogP) is 3.30. The van der Waals surface area contributed by atoms with Gasteiger partial charge >= 0.3 is 6.18 Å². The summed E-state index contributed by atoms with van der Waals surface area (Å²) >= 11 is 0. The monoisotopic (exact) mass is 473 g/mol. The molecule has 1 saturated heterocycles. The largest absolute Gasteiger partial charge is 0.491 e. The first-order chi connectivity index (χ1) is 16.3. The van der Waals surface area contributed by atoms with Crippen LogP contribution in [0.2, 0.25) is 0 Å². The van der Waals surface area contributed by atoms with Crippen LogP contribution in [0.5, 0.6) is 5.75 Å². The summed E-state index contributed by atoms with van der Waals surface area (Å²) in [5, 5.41) is 8.41. The van der Waals surface area contributed by atoms with E-state index in [0.29, 0.717) is 19.0 Å². The number of hydrogen-bond acceptors (Lipinski definition) is 8. The van der Waals surface area contributed by atoms with Crippen molar-refractivity contribution in [3.63, 3.8) is 0 Å². The zero-order valence-corrected chi connectivity index (χ0v) is 18.2. The molecule has 1 fully saturated rings. The highest BCUT2D eigenvalue weighted by Gasteiger charge is 2.34. The fourth-order valence-corrected chi connectivity index (χ4v) is 3.41. The lowest BCUT2D eigenvalue weighted by molar-refractivity contribution is -0.136. The van der Waals surface area contributed by atoms with Gasteiger partial charge in [0.25, 0.3) is 5.91 Å². The SMILES string of the molecule is COc1cnc(N2CCNCC2)nc1Nc1ccc(NC(=O)c2cccnc2)cc1C(F)(F)F. The van der Waals surface area contributed by atoms with Crippen LogP contribution in [0, 0.1) is 0 Å². The van der Waals surface area contributed by atoms with E-state index in [1.807, 2.05) is 4.90 Å². The first-order valence-corrected chi connectivity index (χ1v) is 10.4. The molecular weight excluding hydrogens is 451 g/mol. The van der Waals surface area contributed by atoms with Crippen molar-refractivity contribution in [2.75, 3.05) is 48.8 Å². The fourth-order valence-electron chi connectivity index (χ4n) is 3.41. The number of aromatic nitrogens is 3. The first kappa shape index (κ1) is 23.2. The lowest BCUT2D eigenvalue weighted by Gasteiger charge is -2.27. The molecule has 2 aromatic heterocycles. The van der Waals surface area contributed by atoms with Crippen LogP contribution in [0.15, 0.2) is 48.9 Å².